The van der Waals surface area contributed by atoms with Crippen molar-refractivity contribution in [2.75, 3.05) is 13.7 Å². The molecule has 4 nitrogen and oxygen atoms in total. The van der Waals surface area contributed by atoms with E-state index in [4.69, 9.17) is 9.47 Å². The summed E-state index contributed by atoms with van der Waals surface area (Å²) in [7, 11) is 1.63. The van der Waals surface area contributed by atoms with Gasteiger partial charge in [0, 0.05) is 0 Å². The number of fused-ring (bicyclic) bond motifs is 1. The lowest BCUT2D eigenvalue weighted by atomic mass is 9.85. The number of allylic oxidation sites excluding steroid dienone is 1. The van der Waals surface area contributed by atoms with Crippen LogP contribution in [0, 0.1) is 11.3 Å². The van der Waals surface area contributed by atoms with Crippen molar-refractivity contribution in [1.29, 1.82) is 5.26 Å². The average molecular weight is 271 g/mol. The zero-order valence-corrected chi connectivity index (χ0v) is 11.7. The van der Waals surface area contributed by atoms with Crippen molar-refractivity contribution in [3.63, 3.8) is 0 Å². The number of benzene rings is 1. The lowest BCUT2D eigenvalue weighted by Crippen LogP contribution is -2.12. The highest BCUT2D eigenvalue weighted by molar-refractivity contribution is 6.02. The molecule has 104 valence electrons. The Morgan fingerprint density at radius 3 is 2.85 bits per heavy atom. The molecule has 0 saturated carbocycles. The monoisotopic (exact) mass is 271 g/mol. The Hall–Kier alpha value is -2.28. The van der Waals surface area contributed by atoms with E-state index in [1.165, 1.54) is 0 Å². The van der Waals surface area contributed by atoms with E-state index in [1.54, 1.807) is 14.0 Å². The Kier molecular flexibility index (Phi) is 4.41. The molecule has 0 aliphatic heterocycles. The number of hydrogen-bond acceptors (Lipinski definition) is 4. The molecule has 0 N–H and O–H groups in total. The third kappa shape index (κ3) is 2.67. The van der Waals surface area contributed by atoms with E-state index < -0.39 is 5.97 Å². The van der Waals surface area contributed by atoms with Crippen molar-refractivity contribution in [1.82, 2.24) is 0 Å². The fraction of sp³-hybridized carbons (Fsp3) is 0.375. The van der Waals surface area contributed by atoms with Gasteiger partial charge in [0.2, 0.25) is 0 Å². The SMILES string of the molecule is CCOC(=O)/C(C#N)=C1/CCCc2cc(OC)ccc21. The molecule has 20 heavy (non-hydrogen) atoms. The molecule has 2 rings (SSSR count). The van der Waals surface area contributed by atoms with Gasteiger partial charge >= 0.3 is 5.97 Å². The third-order valence-corrected chi connectivity index (χ3v) is 3.40. The molecule has 1 aliphatic carbocycles. The Morgan fingerprint density at radius 1 is 1.40 bits per heavy atom. The Morgan fingerprint density at radius 2 is 2.20 bits per heavy atom. The molecule has 1 aliphatic rings. The summed E-state index contributed by atoms with van der Waals surface area (Å²) in [5, 5.41) is 9.27. The van der Waals surface area contributed by atoms with Crippen LogP contribution < -0.4 is 4.74 Å². The molecule has 0 heterocycles. The molecule has 0 amide bonds. The molecule has 4 heteroatoms. The zero-order valence-electron chi connectivity index (χ0n) is 11.7. The quantitative estimate of drug-likeness (QED) is 0.482. The number of ether oxygens (including phenoxy) is 2. The predicted octanol–water partition coefficient (Wildman–Crippen LogP) is 2.87. The van der Waals surface area contributed by atoms with Crippen molar-refractivity contribution in [2.45, 2.75) is 26.2 Å². The van der Waals surface area contributed by atoms with Gasteiger partial charge in [-0.05, 0) is 55.0 Å². The van der Waals surface area contributed by atoms with Gasteiger partial charge in [-0.3, -0.25) is 0 Å². The van der Waals surface area contributed by atoms with E-state index in [-0.39, 0.29) is 12.2 Å². The number of nitrogens with zero attached hydrogens (tertiary/aromatic N) is 1. The standard InChI is InChI=1S/C16H17NO3/c1-3-20-16(18)15(10-17)14-6-4-5-11-9-12(19-2)7-8-13(11)14/h7-9H,3-6H2,1-2H3/b15-14-. The third-order valence-electron chi connectivity index (χ3n) is 3.40. The minimum atomic E-state index is -0.534. The maximum atomic E-state index is 11.9. The van der Waals surface area contributed by atoms with Gasteiger partial charge in [-0.2, -0.15) is 5.26 Å². The molecule has 0 aromatic heterocycles. The molecule has 0 radical (unpaired) electrons. The highest BCUT2D eigenvalue weighted by atomic mass is 16.5. The summed E-state index contributed by atoms with van der Waals surface area (Å²) in [6.45, 7) is 2.00. The molecular formula is C16H17NO3. The maximum Gasteiger partial charge on any atom is 0.349 e. The number of aryl methyl sites for hydroxylation is 1. The van der Waals surface area contributed by atoms with E-state index in [2.05, 4.69) is 0 Å². The summed E-state index contributed by atoms with van der Waals surface area (Å²) < 4.78 is 10.2. The first kappa shape index (κ1) is 14.1. The number of hydrogen-bond donors (Lipinski definition) is 0. The van der Waals surface area contributed by atoms with E-state index >= 15 is 0 Å². The van der Waals surface area contributed by atoms with Gasteiger partial charge < -0.3 is 9.47 Å². The van der Waals surface area contributed by atoms with E-state index in [0.29, 0.717) is 0 Å². The van der Waals surface area contributed by atoms with Crippen molar-refractivity contribution in [2.24, 2.45) is 0 Å². The van der Waals surface area contributed by atoms with Gasteiger partial charge in [0.15, 0.2) is 0 Å². The van der Waals surface area contributed by atoms with Gasteiger partial charge in [-0.25, -0.2) is 4.79 Å². The van der Waals surface area contributed by atoms with Crippen molar-refractivity contribution < 1.29 is 14.3 Å². The number of carbonyl (C=O) groups excluding carboxylic acids is 1. The molecule has 0 unspecified atom stereocenters. The fourth-order valence-corrected chi connectivity index (χ4v) is 2.49. The normalized spacial score (nSPS) is 15.8. The van der Waals surface area contributed by atoms with Gasteiger partial charge in [-0.15, -0.1) is 0 Å². The Bertz CT molecular complexity index is 596. The van der Waals surface area contributed by atoms with Crippen LogP contribution in [0.15, 0.2) is 23.8 Å². The Balaban J connectivity index is 2.50. The second-order valence-electron chi connectivity index (χ2n) is 4.56. The van der Waals surface area contributed by atoms with Crippen LogP contribution in [-0.4, -0.2) is 19.7 Å². The first-order valence-electron chi connectivity index (χ1n) is 6.69. The van der Waals surface area contributed by atoms with Crippen LogP contribution in [0.4, 0.5) is 0 Å². The van der Waals surface area contributed by atoms with Crippen LogP contribution in [0.3, 0.4) is 0 Å². The first-order valence-corrected chi connectivity index (χ1v) is 6.69. The minimum absolute atomic E-state index is 0.123. The second kappa shape index (κ2) is 6.25. The van der Waals surface area contributed by atoms with Crippen LogP contribution in [0.2, 0.25) is 0 Å². The molecule has 0 fully saturated rings. The highest BCUT2D eigenvalue weighted by Crippen LogP contribution is 2.35. The fourth-order valence-electron chi connectivity index (χ4n) is 2.49. The second-order valence-corrected chi connectivity index (χ2v) is 4.56. The van der Waals surface area contributed by atoms with Crippen LogP contribution in [0.25, 0.3) is 5.57 Å². The van der Waals surface area contributed by atoms with Crippen LogP contribution in [-0.2, 0) is 16.0 Å². The van der Waals surface area contributed by atoms with Crippen molar-refractivity contribution in [3.8, 4) is 11.8 Å². The molecular weight excluding hydrogens is 254 g/mol. The largest absolute Gasteiger partial charge is 0.497 e. The molecule has 0 spiro atoms. The lowest BCUT2D eigenvalue weighted by Gasteiger charge is -2.20. The van der Waals surface area contributed by atoms with Gasteiger partial charge in [0.05, 0.1) is 13.7 Å². The van der Waals surface area contributed by atoms with Gasteiger partial charge in [-0.1, -0.05) is 6.07 Å². The summed E-state index contributed by atoms with van der Waals surface area (Å²) in [5.41, 5.74) is 2.98. The maximum absolute atomic E-state index is 11.9. The highest BCUT2D eigenvalue weighted by Gasteiger charge is 2.23. The van der Waals surface area contributed by atoms with Crippen molar-refractivity contribution in [3.05, 3.63) is 34.9 Å². The summed E-state index contributed by atoms with van der Waals surface area (Å²) in [6, 6.07) is 7.73. The number of rotatable bonds is 3. The number of methoxy groups -OCH3 is 1. The first-order chi connectivity index (χ1) is 9.71. The van der Waals surface area contributed by atoms with Gasteiger partial charge in [0.1, 0.15) is 17.4 Å². The summed E-state index contributed by atoms with van der Waals surface area (Å²) in [4.78, 5) is 11.9. The topological polar surface area (TPSA) is 59.3 Å². The number of esters is 1. The average Bonchev–Trinajstić information content (AvgIpc) is 2.48. The van der Waals surface area contributed by atoms with E-state index in [9.17, 15) is 10.1 Å². The molecule has 1 aromatic carbocycles. The molecule has 1 aromatic rings. The van der Waals surface area contributed by atoms with Crippen molar-refractivity contribution >= 4 is 11.5 Å². The number of carbonyl (C=O) groups is 1. The lowest BCUT2D eigenvalue weighted by molar-refractivity contribution is -0.137. The van der Waals surface area contributed by atoms with Gasteiger partial charge in [0.25, 0.3) is 0 Å². The number of nitriles is 1. The molecule has 0 saturated heterocycles. The molecule has 0 atom stereocenters. The predicted molar refractivity (Wildman–Crippen MR) is 75.1 cm³/mol. The Labute approximate surface area is 118 Å². The summed E-state index contributed by atoms with van der Waals surface area (Å²) >= 11 is 0. The minimum Gasteiger partial charge on any atom is -0.497 e. The smallest absolute Gasteiger partial charge is 0.349 e. The summed E-state index contributed by atoms with van der Waals surface area (Å²) in [6.07, 6.45) is 2.57. The van der Waals surface area contributed by atoms with Crippen LogP contribution in [0.1, 0.15) is 30.9 Å². The van der Waals surface area contributed by atoms with Crippen LogP contribution in [0.5, 0.6) is 5.75 Å². The summed E-state index contributed by atoms with van der Waals surface area (Å²) in [5.74, 6) is 0.258. The van der Waals surface area contributed by atoms with E-state index in [0.717, 1.165) is 41.7 Å². The van der Waals surface area contributed by atoms with E-state index in [1.807, 2.05) is 24.3 Å². The van der Waals surface area contributed by atoms with Crippen LogP contribution >= 0.6 is 0 Å². The molecule has 0 bridgehead atoms. The zero-order chi connectivity index (χ0) is 14.5.